The monoisotopic (exact) mass is 340 g/mol. The average molecular weight is 341 g/mol. The van der Waals surface area contributed by atoms with Gasteiger partial charge in [-0.15, -0.1) is 0 Å². The van der Waals surface area contributed by atoms with E-state index in [9.17, 15) is 4.79 Å². The fourth-order valence-electron chi connectivity index (χ4n) is 2.96. The Bertz CT molecular complexity index is 761. The van der Waals surface area contributed by atoms with E-state index in [1.54, 1.807) is 6.07 Å². The Morgan fingerprint density at radius 3 is 3.04 bits per heavy atom. The molecule has 122 valence electrons. The summed E-state index contributed by atoms with van der Waals surface area (Å²) < 4.78 is 5.72. The molecule has 1 saturated heterocycles. The highest BCUT2D eigenvalue weighted by Crippen LogP contribution is 2.32. The zero-order valence-corrected chi connectivity index (χ0v) is 14.3. The van der Waals surface area contributed by atoms with E-state index in [1.807, 2.05) is 25.1 Å². The standard InChI is InChI=1S/C18H18BClN2O2/c1-2-11-5-3-6-14(20)16(11)18(23)22-17-13(9-12(19)10-21-17)15-7-4-8-24-15/h3,5-6,9-10,15H,2,4,7-8H2,1H3,(H,21,22,23). The molecule has 1 atom stereocenters. The molecule has 1 N–H and O–H groups in total. The predicted molar refractivity (Wildman–Crippen MR) is 96.3 cm³/mol. The Labute approximate surface area is 148 Å². The van der Waals surface area contributed by atoms with Crippen LogP contribution in [0.3, 0.4) is 0 Å². The van der Waals surface area contributed by atoms with E-state index in [1.165, 1.54) is 6.20 Å². The van der Waals surface area contributed by atoms with Crippen molar-refractivity contribution in [3.63, 3.8) is 0 Å². The van der Waals surface area contributed by atoms with Crippen LogP contribution in [-0.4, -0.2) is 25.3 Å². The quantitative estimate of drug-likeness (QED) is 0.870. The van der Waals surface area contributed by atoms with Gasteiger partial charge >= 0.3 is 0 Å². The number of hydrogen-bond donors (Lipinski definition) is 1. The highest BCUT2D eigenvalue weighted by molar-refractivity contribution is 6.34. The van der Waals surface area contributed by atoms with Crippen molar-refractivity contribution in [3.8, 4) is 0 Å². The molecule has 1 aromatic carbocycles. The van der Waals surface area contributed by atoms with Crippen molar-refractivity contribution >= 4 is 36.6 Å². The van der Waals surface area contributed by atoms with E-state index in [0.717, 1.165) is 30.4 Å². The molecule has 1 aliphatic heterocycles. The van der Waals surface area contributed by atoms with Crippen molar-refractivity contribution in [2.75, 3.05) is 11.9 Å². The summed E-state index contributed by atoms with van der Waals surface area (Å²) in [6.45, 7) is 2.69. The number of hydrogen-bond acceptors (Lipinski definition) is 3. The summed E-state index contributed by atoms with van der Waals surface area (Å²) in [5, 5.41) is 3.31. The molecule has 24 heavy (non-hydrogen) atoms. The van der Waals surface area contributed by atoms with Crippen molar-refractivity contribution in [3.05, 3.63) is 52.2 Å². The van der Waals surface area contributed by atoms with E-state index < -0.39 is 0 Å². The topological polar surface area (TPSA) is 51.2 Å². The minimum absolute atomic E-state index is 0.0896. The molecule has 1 fully saturated rings. The van der Waals surface area contributed by atoms with Gasteiger partial charge in [0.25, 0.3) is 5.91 Å². The lowest BCUT2D eigenvalue weighted by Gasteiger charge is -2.17. The number of halogens is 1. The second-order valence-corrected chi connectivity index (χ2v) is 6.20. The van der Waals surface area contributed by atoms with Crippen LogP contribution in [0.4, 0.5) is 5.82 Å². The Kier molecular flexibility index (Phi) is 5.22. The molecule has 6 heteroatoms. The van der Waals surface area contributed by atoms with E-state index in [-0.39, 0.29) is 12.0 Å². The van der Waals surface area contributed by atoms with Gasteiger partial charge in [0.2, 0.25) is 0 Å². The maximum absolute atomic E-state index is 12.8. The molecule has 1 amide bonds. The summed E-state index contributed by atoms with van der Waals surface area (Å²) in [6, 6.07) is 7.27. The van der Waals surface area contributed by atoms with Crippen LogP contribution < -0.4 is 10.8 Å². The van der Waals surface area contributed by atoms with E-state index in [0.29, 0.717) is 28.5 Å². The number of anilines is 1. The zero-order chi connectivity index (χ0) is 17.1. The summed E-state index contributed by atoms with van der Waals surface area (Å²) in [6.07, 6.45) is 4.03. The third-order valence-corrected chi connectivity index (χ3v) is 4.47. The summed E-state index contributed by atoms with van der Waals surface area (Å²) >= 11 is 6.24. The molecule has 4 nitrogen and oxygen atoms in total. The first-order chi connectivity index (χ1) is 11.6. The molecule has 0 spiro atoms. The molecule has 3 rings (SSSR count). The summed E-state index contributed by atoms with van der Waals surface area (Å²) in [7, 11) is 5.85. The van der Waals surface area contributed by atoms with Gasteiger partial charge < -0.3 is 10.1 Å². The lowest BCUT2D eigenvalue weighted by atomic mass is 9.94. The summed E-state index contributed by atoms with van der Waals surface area (Å²) in [5.41, 5.74) is 2.74. The molecule has 1 aromatic heterocycles. The van der Waals surface area contributed by atoms with Crippen LogP contribution >= 0.6 is 11.6 Å². The summed E-state index contributed by atoms with van der Waals surface area (Å²) in [4.78, 5) is 17.1. The molecular weight excluding hydrogens is 322 g/mol. The number of nitrogens with one attached hydrogen (secondary N) is 1. The number of amides is 1. The summed E-state index contributed by atoms with van der Waals surface area (Å²) in [5.74, 6) is 0.206. The Balaban J connectivity index is 1.93. The predicted octanol–water partition coefficient (Wildman–Crippen LogP) is 3.20. The number of nitrogens with zero attached hydrogens (tertiary/aromatic N) is 1. The van der Waals surface area contributed by atoms with Crippen LogP contribution in [0.5, 0.6) is 0 Å². The third-order valence-electron chi connectivity index (χ3n) is 4.15. The molecule has 1 unspecified atom stereocenters. The van der Waals surface area contributed by atoms with Gasteiger partial charge in [-0.2, -0.15) is 0 Å². The number of rotatable bonds is 4. The Morgan fingerprint density at radius 1 is 1.50 bits per heavy atom. The molecule has 2 heterocycles. The van der Waals surface area contributed by atoms with Crippen LogP contribution in [0.15, 0.2) is 30.5 Å². The minimum atomic E-state index is -0.269. The number of aromatic nitrogens is 1. The van der Waals surface area contributed by atoms with Crippen LogP contribution in [0.2, 0.25) is 5.02 Å². The van der Waals surface area contributed by atoms with Crippen LogP contribution in [0.25, 0.3) is 0 Å². The van der Waals surface area contributed by atoms with E-state index in [4.69, 9.17) is 24.2 Å². The maximum atomic E-state index is 12.8. The highest BCUT2D eigenvalue weighted by Gasteiger charge is 2.23. The van der Waals surface area contributed by atoms with E-state index in [2.05, 4.69) is 10.3 Å². The molecule has 0 saturated carbocycles. The third kappa shape index (κ3) is 3.47. The lowest BCUT2D eigenvalue weighted by molar-refractivity contribution is 0.102. The van der Waals surface area contributed by atoms with Crippen molar-refractivity contribution < 1.29 is 9.53 Å². The first-order valence-corrected chi connectivity index (χ1v) is 8.43. The molecule has 0 aliphatic carbocycles. The van der Waals surface area contributed by atoms with Gasteiger partial charge in [-0.3, -0.25) is 4.79 Å². The van der Waals surface area contributed by atoms with Gasteiger partial charge in [0.15, 0.2) is 0 Å². The number of benzene rings is 1. The average Bonchev–Trinajstić information content (AvgIpc) is 3.10. The SMILES string of the molecule is [B]c1cnc(NC(=O)c2c(Cl)cccc2CC)c(C2CCCO2)c1. The zero-order valence-electron chi connectivity index (χ0n) is 13.5. The minimum Gasteiger partial charge on any atom is -0.373 e. The fourth-order valence-corrected chi connectivity index (χ4v) is 3.24. The first kappa shape index (κ1) is 17.0. The first-order valence-electron chi connectivity index (χ1n) is 8.06. The van der Waals surface area contributed by atoms with Gasteiger partial charge in [-0.1, -0.05) is 42.2 Å². The number of carbonyl (C=O) groups excluding carboxylic acids is 1. The second-order valence-electron chi connectivity index (χ2n) is 5.79. The van der Waals surface area contributed by atoms with Crippen molar-refractivity contribution in [2.45, 2.75) is 32.3 Å². The van der Waals surface area contributed by atoms with Gasteiger partial charge in [0.1, 0.15) is 13.7 Å². The molecular formula is C18H18BClN2O2. The Hall–Kier alpha value is -1.85. The normalized spacial score (nSPS) is 17.0. The van der Waals surface area contributed by atoms with E-state index >= 15 is 0 Å². The highest BCUT2D eigenvalue weighted by atomic mass is 35.5. The Morgan fingerprint density at radius 2 is 2.33 bits per heavy atom. The molecule has 2 aromatic rings. The van der Waals surface area contributed by atoms with Crippen molar-refractivity contribution in [2.24, 2.45) is 0 Å². The van der Waals surface area contributed by atoms with Gasteiger partial charge in [0, 0.05) is 18.4 Å². The van der Waals surface area contributed by atoms with Gasteiger partial charge in [-0.05, 0) is 30.9 Å². The molecule has 0 bridgehead atoms. The smallest absolute Gasteiger partial charge is 0.258 e. The van der Waals surface area contributed by atoms with Crippen molar-refractivity contribution in [1.82, 2.24) is 4.98 Å². The van der Waals surface area contributed by atoms with Gasteiger partial charge in [0.05, 0.1) is 16.7 Å². The number of carbonyl (C=O) groups is 1. The van der Waals surface area contributed by atoms with Gasteiger partial charge in [-0.25, -0.2) is 4.98 Å². The largest absolute Gasteiger partial charge is 0.373 e. The molecule has 1 aliphatic rings. The number of ether oxygens (including phenoxy) is 1. The molecule has 2 radical (unpaired) electrons. The van der Waals surface area contributed by atoms with Crippen LogP contribution in [-0.2, 0) is 11.2 Å². The second kappa shape index (κ2) is 7.37. The maximum Gasteiger partial charge on any atom is 0.258 e. The van der Waals surface area contributed by atoms with Crippen molar-refractivity contribution in [1.29, 1.82) is 0 Å². The number of pyridine rings is 1. The fraction of sp³-hybridized carbons (Fsp3) is 0.333. The number of aryl methyl sites for hydroxylation is 1. The van der Waals surface area contributed by atoms with Crippen LogP contribution in [0.1, 0.15) is 47.4 Å². The van der Waals surface area contributed by atoms with Crippen LogP contribution in [0, 0.1) is 0 Å². The lowest BCUT2D eigenvalue weighted by Crippen LogP contribution is -2.19.